The molecule has 1 heterocycles. The number of halogens is 3. The molecule has 1 aromatic carbocycles. The maximum absolute atomic E-state index is 13.4. The first-order valence-corrected chi connectivity index (χ1v) is 5.97. The standard InChI is InChI=1S/C13H8Cl2FNO2/c1-19-13(18)11-4-8(6-17-12(11)16)7-2-9(14)5-10(15)3-7/h2-6H,1H3. The summed E-state index contributed by atoms with van der Waals surface area (Å²) in [4.78, 5) is 14.9. The first kappa shape index (κ1) is 13.8. The van der Waals surface area contributed by atoms with Gasteiger partial charge >= 0.3 is 5.97 Å². The second kappa shape index (κ2) is 5.55. The van der Waals surface area contributed by atoms with E-state index in [4.69, 9.17) is 23.2 Å². The van der Waals surface area contributed by atoms with Gasteiger partial charge in [0.1, 0.15) is 5.56 Å². The average molecular weight is 300 g/mol. The molecular weight excluding hydrogens is 292 g/mol. The van der Waals surface area contributed by atoms with E-state index in [9.17, 15) is 9.18 Å². The van der Waals surface area contributed by atoms with Crippen LogP contribution in [0.15, 0.2) is 30.5 Å². The van der Waals surface area contributed by atoms with Crippen LogP contribution >= 0.6 is 23.2 Å². The van der Waals surface area contributed by atoms with E-state index >= 15 is 0 Å². The second-order valence-corrected chi connectivity index (χ2v) is 4.58. The minimum Gasteiger partial charge on any atom is -0.465 e. The van der Waals surface area contributed by atoms with Gasteiger partial charge in [-0.1, -0.05) is 23.2 Å². The summed E-state index contributed by atoms with van der Waals surface area (Å²) in [5.74, 6) is -1.68. The number of nitrogens with zero attached hydrogens (tertiary/aromatic N) is 1. The summed E-state index contributed by atoms with van der Waals surface area (Å²) in [6, 6.07) is 6.20. The van der Waals surface area contributed by atoms with E-state index in [2.05, 4.69) is 9.72 Å². The highest BCUT2D eigenvalue weighted by Crippen LogP contribution is 2.27. The number of benzene rings is 1. The maximum Gasteiger partial charge on any atom is 0.342 e. The third-order valence-electron chi connectivity index (χ3n) is 2.44. The molecule has 98 valence electrons. The Morgan fingerprint density at radius 1 is 1.16 bits per heavy atom. The number of rotatable bonds is 2. The molecular formula is C13H8Cl2FNO2. The maximum atomic E-state index is 13.4. The van der Waals surface area contributed by atoms with Crippen molar-refractivity contribution in [1.82, 2.24) is 4.98 Å². The van der Waals surface area contributed by atoms with Crippen molar-refractivity contribution in [2.45, 2.75) is 0 Å². The second-order valence-electron chi connectivity index (χ2n) is 3.71. The third-order valence-corrected chi connectivity index (χ3v) is 2.88. The number of carbonyl (C=O) groups is 1. The minimum absolute atomic E-state index is 0.240. The van der Waals surface area contributed by atoms with Gasteiger partial charge in [-0.05, 0) is 29.8 Å². The van der Waals surface area contributed by atoms with Crippen LogP contribution in [0.5, 0.6) is 0 Å². The number of carbonyl (C=O) groups excluding carboxylic acids is 1. The number of ether oxygens (including phenoxy) is 1. The monoisotopic (exact) mass is 299 g/mol. The Labute approximate surface area is 118 Å². The molecule has 6 heteroatoms. The number of methoxy groups -OCH3 is 1. The number of esters is 1. The Balaban J connectivity index is 2.54. The van der Waals surface area contributed by atoms with Crippen LogP contribution in [0.4, 0.5) is 4.39 Å². The molecule has 0 N–H and O–H groups in total. The summed E-state index contributed by atoms with van der Waals surface area (Å²) in [5.41, 5.74) is 0.914. The Kier molecular flexibility index (Phi) is 4.02. The van der Waals surface area contributed by atoms with Gasteiger partial charge in [0.25, 0.3) is 0 Å². The van der Waals surface area contributed by atoms with Crippen molar-refractivity contribution in [3.05, 3.63) is 52.0 Å². The van der Waals surface area contributed by atoms with E-state index in [1.807, 2.05) is 0 Å². The summed E-state index contributed by atoms with van der Waals surface area (Å²) in [6.45, 7) is 0. The SMILES string of the molecule is COC(=O)c1cc(-c2cc(Cl)cc(Cl)c2)cnc1F. The first-order chi connectivity index (χ1) is 9.01. The zero-order chi connectivity index (χ0) is 14.0. The van der Waals surface area contributed by atoms with Gasteiger partial charge < -0.3 is 4.74 Å². The molecule has 0 fully saturated rings. The highest BCUT2D eigenvalue weighted by molar-refractivity contribution is 6.35. The van der Waals surface area contributed by atoms with Gasteiger partial charge in [0, 0.05) is 21.8 Å². The van der Waals surface area contributed by atoms with Crippen LogP contribution < -0.4 is 0 Å². The van der Waals surface area contributed by atoms with Crippen LogP contribution in [0.3, 0.4) is 0 Å². The first-order valence-electron chi connectivity index (χ1n) is 5.21. The van der Waals surface area contributed by atoms with E-state index in [0.717, 1.165) is 0 Å². The van der Waals surface area contributed by atoms with Crippen molar-refractivity contribution in [2.75, 3.05) is 7.11 Å². The molecule has 0 aliphatic rings. The number of hydrogen-bond acceptors (Lipinski definition) is 3. The van der Waals surface area contributed by atoms with Crippen LogP contribution in [0.1, 0.15) is 10.4 Å². The fourth-order valence-corrected chi connectivity index (χ4v) is 2.11. The molecule has 0 aliphatic carbocycles. The number of pyridine rings is 1. The lowest BCUT2D eigenvalue weighted by atomic mass is 10.1. The number of aromatic nitrogens is 1. The topological polar surface area (TPSA) is 39.2 Å². The molecule has 0 unspecified atom stereocenters. The molecule has 0 spiro atoms. The summed E-state index contributed by atoms with van der Waals surface area (Å²) in [7, 11) is 1.17. The fourth-order valence-electron chi connectivity index (χ4n) is 1.58. The molecule has 0 saturated carbocycles. The van der Waals surface area contributed by atoms with Crippen molar-refractivity contribution in [3.63, 3.8) is 0 Å². The molecule has 0 aliphatic heterocycles. The lowest BCUT2D eigenvalue weighted by Gasteiger charge is -2.06. The molecule has 2 rings (SSSR count). The van der Waals surface area contributed by atoms with Crippen LogP contribution in [-0.2, 0) is 4.74 Å². The summed E-state index contributed by atoms with van der Waals surface area (Å²) >= 11 is 11.8. The van der Waals surface area contributed by atoms with Crippen LogP contribution in [0.25, 0.3) is 11.1 Å². The van der Waals surface area contributed by atoms with E-state index in [-0.39, 0.29) is 5.56 Å². The minimum atomic E-state index is -0.885. The zero-order valence-electron chi connectivity index (χ0n) is 9.78. The van der Waals surface area contributed by atoms with Gasteiger partial charge in [-0.15, -0.1) is 0 Å². The predicted molar refractivity (Wildman–Crippen MR) is 71.0 cm³/mol. The molecule has 0 bridgehead atoms. The third kappa shape index (κ3) is 3.03. The van der Waals surface area contributed by atoms with Gasteiger partial charge in [-0.2, -0.15) is 4.39 Å². The van der Waals surface area contributed by atoms with Gasteiger partial charge in [0.15, 0.2) is 0 Å². The van der Waals surface area contributed by atoms with Crippen molar-refractivity contribution in [3.8, 4) is 11.1 Å². The van der Waals surface area contributed by atoms with Crippen molar-refractivity contribution in [2.24, 2.45) is 0 Å². The van der Waals surface area contributed by atoms with Crippen LogP contribution in [-0.4, -0.2) is 18.1 Å². The number of hydrogen-bond donors (Lipinski definition) is 0. The molecule has 1 aromatic heterocycles. The van der Waals surface area contributed by atoms with E-state index in [1.54, 1.807) is 18.2 Å². The fraction of sp³-hybridized carbons (Fsp3) is 0.0769. The Hall–Kier alpha value is -1.65. The van der Waals surface area contributed by atoms with Gasteiger partial charge in [0.05, 0.1) is 7.11 Å². The van der Waals surface area contributed by atoms with Crippen molar-refractivity contribution >= 4 is 29.2 Å². The van der Waals surface area contributed by atoms with E-state index in [0.29, 0.717) is 21.2 Å². The molecule has 0 radical (unpaired) electrons. The normalized spacial score (nSPS) is 10.3. The highest BCUT2D eigenvalue weighted by Gasteiger charge is 2.15. The van der Waals surface area contributed by atoms with Crippen molar-refractivity contribution < 1.29 is 13.9 Å². The molecule has 0 saturated heterocycles. The smallest absolute Gasteiger partial charge is 0.342 e. The van der Waals surface area contributed by atoms with E-state index < -0.39 is 11.9 Å². The summed E-state index contributed by atoms with van der Waals surface area (Å²) < 4.78 is 17.9. The van der Waals surface area contributed by atoms with E-state index in [1.165, 1.54) is 19.4 Å². The lowest BCUT2D eigenvalue weighted by Crippen LogP contribution is -2.06. The predicted octanol–water partition coefficient (Wildman–Crippen LogP) is 3.98. The van der Waals surface area contributed by atoms with Gasteiger partial charge in [0.2, 0.25) is 5.95 Å². The zero-order valence-corrected chi connectivity index (χ0v) is 11.3. The average Bonchev–Trinajstić information content (AvgIpc) is 2.37. The Morgan fingerprint density at radius 3 is 2.37 bits per heavy atom. The Morgan fingerprint density at radius 2 is 1.79 bits per heavy atom. The quantitative estimate of drug-likeness (QED) is 0.622. The Bertz CT molecular complexity index is 626. The largest absolute Gasteiger partial charge is 0.465 e. The lowest BCUT2D eigenvalue weighted by molar-refractivity contribution is 0.0594. The summed E-state index contributed by atoms with van der Waals surface area (Å²) in [5, 5.41) is 0.873. The van der Waals surface area contributed by atoms with Gasteiger partial charge in [-0.25, -0.2) is 9.78 Å². The molecule has 2 aromatic rings. The molecule has 19 heavy (non-hydrogen) atoms. The summed E-state index contributed by atoms with van der Waals surface area (Å²) in [6.07, 6.45) is 1.30. The molecule has 0 atom stereocenters. The highest BCUT2D eigenvalue weighted by atomic mass is 35.5. The molecule has 0 amide bonds. The molecule has 3 nitrogen and oxygen atoms in total. The van der Waals surface area contributed by atoms with Crippen LogP contribution in [0.2, 0.25) is 10.0 Å². The van der Waals surface area contributed by atoms with Gasteiger partial charge in [-0.3, -0.25) is 0 Å². The van der Waals surface area contributed by atoms with Crippen molar-refractivity contribution in [1.29, 1.82) is 0 Å². The van der Waals surface area contributed by atoms with Crippen LogP contribution in [0, 0.1) is 5.95 Å².